The first-order valence-electron chi connectivity index (χ1n) is 12.3. The highest BCUT2D eigenvalue weighted by atomic mass is 16.6. The second-order valence-electron chi connectivity index (χ2n) is 8.64. The van der Waals surface area contributed by atoms with Gasteiger partial charge >= 0.3 is 17.9 Å². The third kappa shape index (κ3) is 6.16. The number of hydrogen-bond donors (Lipinski definition) is 0. The SMILES string of the molecule is O=C(OC[C@@H]1O[C@H](c2ncccn2)[C@@H](OC(=O)c2ccccc2)[C@H]1OC(=O)c1ccccc1)c1ccccc1. The van der Waals surface area contributed by atoms with E-state index in [1.165, 1.54) is 12.4 Å². The minimum atomic E-state index is -1.14. The van der Waals surface area contributed by atoms with Crippen molar-refractivity contribution in [2.24, 2.45) is 0 Å². The van der Waals surface area contributed by atoms with Gasteiger partial charge in [-0.3, -0.25) is 0 Å². The third-order valence-electron chi connectivity index (χ3n) is 6.04. The van der Waals surface area contributed by atoms with E-state index in [1.54, 1.807) is 97.1 Å². The summed E-state index contributed by atoms with van der Waals surface area (Å²) >= 11 is 0. The predicted molar refractivity (Wildman–Crippen MR) is 138 cm³/mol. The standard InChI is InChI=1S/C30H24N2O7/c33-28(20-11-4-1-5-12-20)36-19-23-24(38-29(34)21-13-6-2-7-14-21)25(26(37-23)27-31-17-10-18-32-27)39-30(35)22-15-8-3-9-16-22/h1-18,23-26H,19H2/t23-,24-,25-,26-/m0/s1. The lowest BCUT2D eigenvalue weighted by atomic mass is 10.1. The smallest absolute Gasteiger partial charge is 0.338 e. The molecular formula is C30H24N2O7. The van der Waals surface area contributed by atoms with Crippen LogP contribution in [0.3, 0.4) is 0 Å². The molecule has 3 aromatic carbocycles. The Bertz CT molecular complexity index is 1400. The average molecular weight is 525 g/mol. The van der Waals surface area contributed by atoms with Crippen LogP contribution >= 0.6 is 0 Å². The normalized spacial score (nSPS) is 20.1. The lowest BCUT2D eigenvalue weighted by Crippen LogP contribution is -2.41. The Kier molecular flexibility index (Phi) is 7.99. The number of rotatable bonds is 8. The van der Waals surface area contributed by atoms with Crippen LogP contribution in [0, 0.1) is 0 Å². The second kappa shape index (κ2) is 12.1. The van der Waals surface area contributed by atoms with Gasteiger partial charge in [-0.15, -0.1) is 0 Å². The number of ether oxygens (including phenoxy) is 4. The van der Waals surface area contributed by atoms with Crippen molar-refractivity contribution in [3.63, 3.8) is 0 Å². The average Bonchev–Trinajstić information content (AvgIpc) is 3.33. The van der Waals surface area contributed by atoms with Crippen molar-refractivity contribution in [3.05, 3.63) is 132 Å². The number of aromatic nitrogens is 2. The van der Waals surface area contributed by atoms with Crippen LogP contribution in [0.15, 0.2) is 109 Å². The zero-order valence-corrected chi connectivity index (χ0v) is 20.7. The van der Waals surface area contributed by atoms with E-state index in [2.05, 4.69) is 9.97 Å². The molecule has 0 radical (unpaired) electrons. The highest BCUT2D eigenvalue weighted by Crippen LogP contribution is 2.37. The minimum absolute atomic E-state index is 0.223. The van der Waals surface area contributed by atoms with Crippen molar-refractivity contribution in [1.29, 1.82) is 0 Å². The molecule has 5 rings (SSSR count). The third-order valence-corrected chi connectivity index (χ3v) is 6.04. The van der Waals surface area contributed by atoms with Crippen LogP contribution in [0.4, 0.5) is 0 Å². The van der Waals surface area contributed by atoms with Crippen LogP contribution in [0.2, 0.25) is 0 Å². The van der Waals surface area contributed by atoms with Crippen molar-refractivity contribution in [3.8, 4) is 0 Å². The summed E-state index contributed by atoms with van der Waals surface area (Å²) in [6, 6.07) is 26.9. The van der Waals surface area contributed by atoms with E-state index >= 15 is 0 Å². The summed E-state index contributed by atoms with van der Waals surface area (Å²) in [5.41, 5.74) is 0.950. The summed E-state index contributed by atoms with van der Waals surface area (Å²) in [4.78, 5) is 47.4. The van der Waals surface area contributed by atoms with Crippen molar-refractivity contribution in [1.82, 2.24) is 9.97 Å². The molecule has 9 nitrogen and oxygen atoms in total. The van der Waals surface area contributed by atoms with Crippen LogP contribution in [0.5, 0.6) is 0 Å². The number of carbonyl (C=O) groups excluding carboxylic acids is 3. The number of carbonyl (C=O) groups is 3. The number of hydrogen-bond acceptors (Lipinski definition) is 9. The summed E-state index contributed by atoms with van der Waals surface area (Å²) in [6.45, 7) is -0.275. The van der Waals surface area contributed by atoms with Gasteiger partial charge in [0.15, 0.2) is 24.1 Å². The molecule has 0 aliphatic carbocycles. The molecule has 196 valence electrons. The van der Waals surface area contributed by atoms with Crippen molar-refractivity contribution >= 4 is 17.9 Å². The molecule has 1 aromatic heterocycles. The van der Waals surface area contributed by atoms with Crippen LogP contribution in [-0.4, -0.2) is 52.8 Å². The first kappa shape index (κ1) is 25.7. The molecule has 4 aromatic rings. The molecule has 1 fully saturated rings. The van der Waals surface area contributed by atoms with Gasteiger partial charge in [0.2, 0.25) is 0 Å². The number of nitrogens with zero attached hydrogens (tertiary/aromatic N) is 2. The van der Waals surface area contributed by atoms with Gasteiger partial charge in [-0.1, -0.05) is 54.6 Å². The Morgan fingerprint density at radius 2 is 1.08 bits per heavy atom. The van der Waals surface area contributed by atoms with E-state index in [9.17, 15) is 14.4 Å². The largest absolute Gasteiger partial charge is 0.459 e. The molecule has 1 saturated heterocycles. The molecule has 9 heteroatoms. The zero-order chi connectivity index (χ0) is 27.0. The fraction of sp³-hybridized carbons (Fsp3) is 0.167. The summed E-state index contributed by atoms with van der Waals surface area (Å²) in [5, 5.41) is 0. The molecule has 0 amide bonds. The van der Waals surface area contributed by atoms with Gasteiger partial charge in [-0.05, 0) is 42.5 Å². The fourth-order valence-electron chi connectivity index (χ4n) is 4.15. The van der Waals surface area contributed by atoms with Crippen LogP contribution < -0.4 is 0 Å². The fourth-order valence-corrected chi connectivity index (χ4v) is 4.15. The van der Waals surface area contributed by atoms with Crippen LogP contribution in [-0.2, 0) is 18.9 Å². The maximum atomic E-state index is 13.1. The molecule has 1 aliphatic heterocycles. The summed E-state index contributed by atoms with van der Waals surface area (Å²) in [6.07, 6.45) is -1.19. The van der Waals surface area contributed by atoms with Gasteiger partial charge in [-0.2, -0.15) is 0 Å². The Morgan fingerprint density at radius 3 is 1.59 bits per heavy atom. The highest BCUT2D eigenvalue weighted by molar-refractivity contribution is 5.91. The molecule has 1 aliphatic rings. The van der Waals surface area contributed by atoms with Gasteiger partial charge in [0.1, 0.15) is 12.7 Å². The Labute approximate surface area is 224 Å². The van der Waals surface area contributed by atoms with Gasteiger partial charge in [0, 0.05) is 12.4 Å². The van der Waals surface area contributed by atoms with Gasteiger partial charge in [0.05, 0.1) is 16.7 Å². The predicted octanol–water partition coefficient (Wildman–Crippen LogP) is 4.22. The molecule has 0 saturated carbocycles. The summed E-state index contributed by atoms with van der Waals surface area (Å²) in [5.74, 6) is -1.66. The first-order valence-corrected chi connectivity index (χ1v) is 12.3. The molecule has 0 bridgehead atoms. The quantitative estimate of drug-likeness (QED) is 0.247. The van der Waals surface area contributed by atoms with Crippen molar-refractivity contribution < 1.29 is 33.3 Å². The van der Waals surface area contributed by atoms with E-state index < -0.39 is 42.3 Å². The minimum Gasteiger partial charge on any atom is -0.459 e. The molecular weight excluding hydrogens is 500 g/mol. The Morgan fingerprint density at radius 1 is 0.615 bits per heavy atom. The first-order chi connectivity index (χ1) is 19.1. The van der Waals surface area contributed by atoms with E-state index in [0.717, 1.165) is 0 Å². The number of benzene rings is 3. The maximum Gasteiger partial charge on any atom is 0.338 e. The lowest BCUT2D eigenvalue weighted by molar-refractivity contribution is -0.0454. The van der Waals surface area contributed by atoms with Gasteiger partial charge in [-0.25, -0.2) is 24.4 Å². The Balaban J connectivity index is 1.45. The topological polar surface area (TPSA) is 114 Å². The van der Waals surface area contributed by atoms with Crippen LogP contribution in [0.1, 0.15) is 43.0 Å². The second-order valence-corrected chi connectivity index (χ2v) is 8.64. The van der Waals surface area contributed by atoms with Crippen LogP contribution in [0.25, 0.3) is 0 Å². The molecule has 2 heterocycles. The Hall–Kier alpha value is -4.89. The van der Waals surface area contributed by atoms with Gasteiger partial charge < -0.3 is 18.9 Å². The monoisotopic (exact) mass is 524 g/mol. The maximum absolute atomic E-state index is 13.1. The lowest BCUT2D eigenvalue weighted by Gasteiger charge is -2.24. The summed E-state index contributed by atoms with van der Waals surface area (Å²) in [7, 11) is 0. The number of esters is 3. The zero-order valence-electron chi connectivity index (χ0n) is 20.7. The molecule has 39 heavy (non-hydrogen) atoms. The van der Waals surface area contributed by atoms with E-state index in [-0.39, 0.29) is 12.4 Å². The molecule has 4 atom stereocenters. The van der Waals surface area contributed by atoms with E-state index in [1.807, 2.05) is 0 Å². The van der Waals surface area contributed by atoms with E-state index in [0.29, 0.717) is 16.7 Å². The summed E-state index contributed by atoms with van der Waals surface area (Å²) < 4.78 is 23.4. The van der Waals surface area contributed by atoms with Crippen molar-refractivity contribution in [2.45, 2.75) is 24.4 Å². The highest BCUT2D eigenvalue weighted by Gasteiger charge is 2.52. The molecule has 0 spiro atoms. The molecule has 0 unspecified atom stereocenters. The molecule has 0 N–H and O–H groups in total. The van der Waals surface area contributed by atoms with E-state index in [4.69, 9.17) is 18.9 Å². The van der Waals surface area contributed by atoms with Gasteiger partial charge in [0.25, 0.3) is 0 Å². The van der Waals surface area contributed by atoms with Crippen molar-refractivity contribution in [2.75, 3.05) is 6.61 Å².